The van der Waals surface area contributed by atoms with E-state index in [4.69, 9.17) is 0 Å². The lowest BCUT2D eigenvalue weighted by molar-refractivity contribution is 0.0945. The fourth-order valence-corrected chi connectivity index (χ4v) is 1.83. The Kier molecular flexibility index (Phi) is 4.12. The van der Waals surface area contributed by atoms with E-state index in [1.54, 1.807) is 12.4 Å². The van der Waals surface area contributed by atoms with Gasteiger partial charge in [-0.25, -0.2) is 0 Å². The second-order valence-electron chi connectivity index (χ2n) is 4.22. The van der Waals surface area contributed by atoms with Gasteiger partial charge in [-0.3, -0.25) is 9.78 Å². The van der Waals surface area contributed by atoms with Gasteiger partial charge in [0.1, 0.15) is 5.69 Å². The first kappa shape index (κ1) is 12.4. The quantitative estimate of drug-likeness (QED) is 0.814. The summed E-state index contributed by atoms with van der Waals surface area (Å²) in [5, 5.41) is 2.92. The molecule has 2 rings (SSSR count). The predicted molar refractivity (Wildman–Crippen MR) is 70.3 cm³/mol. The molecule has 0 saturated heterocycles. The highest BCUT2D eigenvalue weighted by atomic mass is 16.1. The van der Waals surface area contributed by atoms with E-state index in [1.807, 2.05) is 42.1 Å². The van der Waals surface area contributed by atoms with Crippen molar-refractivity contribution in [1.82, 2.24) is 14.9 Å². The highest BCUT2D eigenvalue weighted by Crippen LogP contribution is 2.01. The maximum Gasteiger partial charge on any atom is 0.267 e. The number of rotatable bonds is 5. The Morgan fingerprint density at radius 2 is 2.11 bits per heavy atom. The number of aryl methyl sites for hydroxylation is 2. The third-order valence-electron chi connectivity index (χ3n) is 2.85. The summed E-state index contributed by atoms with van der Waals surface area (Å²) < 4.78 is 1.82. The maximum atomic E-state index is 11.8. The molecule has 2 heterocycles. The third kappa shape index (κ3) is 3.20. The molecule has 18 heavy (non-hydrogen) atoms. The highest BCUT2D eigenvalue weighted by Gasteiger charge is 2.07. The van der Waals surface area contributed by atoms with Gasteiger partial charge < -0.3 is 9.88 Å². The zero-order valence-electron chi connectivity index (χ0n) is 10.5. The van der Waals surface area contributed by atoms with Gasteiger partial charge in [-0.05, 0) is 42.7 Å². The smallest absolute Gasteiger partial charge is 0.267 e. The van der Waals surface area contributed by atoms with Crippen molar-refractivity contribution in [3.63, 3.8) is 0 Å². The van der Waals surface area contributed by atoms with E-state index in [-0.39, 0.29) is 5.91 Å². The summed E-state index contributed by atoms with van der Waals surface area (Å²) in [6, 6.07) is 7.68. The first-order valence-corrected chi connectivity index (χ1v) is 6.06. The number of aromatic nitrogens is 2. The average molecular weight is 243 g/mol. The van der Waals surface area contributed by atoms with Crippen molar-refractivity contribution in [2.75, 3.05) is 6.54 Å². The van der Waals surface area contributed by atoms with Gasteiger partial charge in [0, 0.05) is 32.2 Å². The molecule has 0 aliphatic carbocycles. The fraction of sp³-hybridized carbons (Fsp3) is 0.286. The maximum absolute atomic E-state index is 11.8. The Balaban J connectivity index is 1.73. The molecule has 1 N–H and O–H groups in total. The van der Waals surface area contributed by atoms with Gasteiger partial charge in [-0.1, -0.05) is 0 Å². The summed E-state index contributed by atoms with van der Waals surface area (Å²) in [4.78, 5) is 15.8. The van der Waals surface area contributed by atoms with E-state index < -0.39 is 0 Å². The lowest BCUT2D eigenvalue weighted by Gasteiger charge is -2.06. The van der Waals surface area contributed by atoms with Crippen LogP contribution in [0.2, 0.25) is 0 Å². The van der Waals surface area contributed by atoms with Crippen molar-refractivity contribution in [3.05, 3.63) is 54.1 Å². The van der Waals surface area contributed by atoms with Crippen LogP contribution in [0.25, 0.3) is 0 Å². The lowest BCUT2D eigenvalue weighted by Crippen LogP contribution is -2.26. The minimum atomic E-state index is -0.0165. The summed E-state index contributed by atoms with van der Waals surface area (Å²) in [7, 11) is 1.87. The average Bonchev–Trinajstić information content (AvgIpc) is 2.82. The zero-order valence-corrected chi connectivity index (χ0v) is 10.5. The molecule has 0 radical (unpaired) electrons. The fourth-order valence-electron chi connectivity index (χ4n) is 1.83. The molecule has 2 aromatic rings. The minimum Gasteiger partial charge on any atom is -0.351 e. The van der Waals surface area contributed by atoms with Crippen molar-refractivity contribution in [3.8, 4) is 0 Å². The SMILES string of the molecule is Cn1cccc1C(=O)NCCCc1ccncc1. The van der Waals surface area contributed by atoms with E-state index in [9.17, 15) is 4.79 Å². The molecule has 4 nitrogen and oxygen atoms in total. The Bertz CT molecular complexity index is 505. The first-order valence-electron chi connectivity index (χ1n) is 6.06. The summed E-state index contributed by atoms with van der Waals surface area (Å²) in [5.41, 5.74) is 1.94. The normalized spacial score (nSPS) is 10.3. The molecule has 1 amide bonds. The van der Waals surface area contributed by atoms with Crippen LogP contribution in [-0.4, -0.2) is 22.0 Å². The van der Waals surface area contributed by atoms with Crippen molar-refractivity contribution < 1.29 is 4.79 Å². The van der Waals surface area contributed by atoms with Gasteiger partial charge in [-0.2, -0.15) is 0 Å². The molecule has 0 aromatic carbocycles. The lowest BCUT2D eigenvalue weighted by atomic mass is 10.1. The van der Waals surface area contributed by atoms with Crippen LogP contribution in [0.4, 0.5) is 0 Å². The molecule has 0 fully saturated rings. The molecule has 4 heteroatoms. The Morgan fingerprint density at radius 3 is 2.78 bits per heavy atom. The summed E-state index contributed by atoms with van der Waals surface area (Å²) in [5.74, 6) is -0.0165. The number of nitrogens with zero attached hydrogens (tertiary/aromatic N) is 2. The Labute approximate surface area is 107 Å². The summed E-state index contributed by atoms with van der Waals surface area (Å²) >= 11 is 0. The molecule has 0 aliphatic rings. The molecule has 0 unspecified atom stereocenters. The van der Waals surface area contributed by atoms with Crippen molar-refractivity contribution in [1.29, 1.82) is 0 Å². The predicted octanol–water partition coefficient (Wildman–Crippen LogP) is 1.78. The Hall–Kier alpha value is -2.10. The standard InChI is InChI=1S/C14H17N3O/c1-17-11-3-5-13(17)14(18)16-8-2-4-12-6-9-15-10-7-12/h3,5-7,9-11H,2,4,8H2,1H3,(H,16,18). The summed E-state index contributed by atoms with van der Waals surface area (Å²) in [6.07, 6.45) is 7.33. The minimum absolute atomic E-state index is 0.0165. The van der Waals surface area contributed by atoms with Crippen LogP contribution < -0.4 is 5.32 Å². The zero-order chi connectivity index (χ0) is 12.8. The first-order chi connectivity index (χ1) is 8.77. The number of carbonyl (C=O) groups is 1. The molecule has 94 valence electrons. The van der Waals surface area contributed by atoms with Crippen LogP contribution in [0.5, 0.6) is 0 Å². The molecule has 0 aliphatic heterocycles. The topological polar surface area (TPSA) is 46.9 Å². The molecule has 0 spiro atoms. The Morgan fingerprint density at radius 1 is 1.33 bits per heavy atom. The summed E-state index contributed by atoms with van der Waals surface area (Å²) in [6.45, 7) is 0.687. The molecule has 0 bridgehead atoms. The van der Waals surface area contributed by atoms with Crippen LogP contribution in [-0.2, 0) is 13.5 Å². The van der Waals surface area contributed by atoms with Gasteiger partial charge in [0.05, 0.1) is 0 Å². The number of hydrogen-bond acceptors (Lipinski definition) is 2. The number of carbonyl (C=O) groups excluding carboxylic acids is 1. The van der Waals surface area contributed by atoms with E-state index >= 15 is 0 Å². The van der Waals surface area contributed by atoms with Gasteiger partial charge >= 0.3 is 0 Å². The van der Waals surface area contributed by atoms with Crippen LogP contribution in [0.15, 0.2) is 42.9 Å². The van der Waals surface area contributed by atoms with E-state index in [0.29, 0.717) is 12.2 Å². The largest absolute Gasteiger partial charge is 0.351 e. The molecule has 2 aromatic heterocycles. The van der Waals surface area contributed by atoms with E-state index in [2.05, 4.69) is 10.3 Å². The second kappa shape index (κ2) is 6.00. The van der Waals surface area contributed by atoms with Gasteiger partial charge in [0.15, 0.2) is 0 Å². The number of pyridine rings is 1. The van der Waals surface area contributed by atoms with Crippen LogP contribution in [0, 0.1) is 0 Å². The van der Waals surface area contributed by atoms with Crippen molar-refractivity contribution >= 4 is 5.91 Å². The van der Waals surface area contributed by atoms with Gasteiger partial charge in [0.2, 0.25) is 0 Å². The van der Waals surface area contributed by atoms with Crippen molar-refractivity contribution in [2.24, 2.45) is 7.05 Å². The number of amides is 1. The van der Waals surface area contributed by atoms with E-state index in [0.717, 1.165) is 12.8 Å². The number of nitrogens with one attached hydrogen (secondary N) is 1. The van der Waals surface area contributed by atoms with Crippen LogP contribution in [0.1, 0.15) is 22.5 Å². The molecular formula is C14H17N3O. The third-order valence-corrected chi connectivity index (χ3v) is 2.85. The van der Waals surface area contributed by atoms with Crippen molar-refractivity contribution in [2.45, 2.75) is 12.8 Å². The van der Waals surface area contributed by atoms with Crippen LogP contribution in [0.3, 0.4) is 0 Å². The highest BCUT2D eigenvalue weighted by molar-refractivity contribution is 5.92. The van der Waals surface area contributed by atoms with Gasteiger partial charge in [-0.15, -0.1) is 0 Å². The number of hydrogen-bond donors (Lipinski definition) is 1. The molecule has 0 saturated carbocycles. The monoisotopic (exact) mass is 243 g/mol. The molecular weight excluding hydrogens is 226 g/mol. The van der Waals surface area contributed by atoms with E-state index in [1.165, 1.54) is 5.56 Å². The second-order valence-corrected chi connectivity index (χ2v) is 4.22. The van der Waals surface area contributed by atoms with Crippen LogP contribution >= 0.6 is 0 Å². The molecule has 0 atom stereocenters. The van der Waals surface area contributed by atoms with Gasteiger partial charge in [0.25, 0.3) is 5.91 Å².